The van der Waals surface area contributed by atoms with Crippen molar-refractivity contribution in [2.75, 3.05) is 7.11 Å². The molecule has 3 rings (SSSR count). The summed E-state index contributed by atoms with van der Waals surface area (Å²) in [6, 6.07) is 7.38. The van der Waals surface area contributed by atoms with Crippen molar-refractivity contribution < 1.29 is 9.13 Å². The zero-order valence-electron chi connectivity index (χ0n) is 10.3. The number of rotatable bonds is 3. The fraction of sp³-hybridized carbons (Fsp3) is 0.357. The van der Waals surface area contributed by atoms with Gasteiger partial charge in [-0.15, -0.1) is 0 Å². The number of ether oxygens (including phenoxy) is 1. The number of methoxy groups -OCH3 is 1. The molecule has 1 aliphatic carbocycles. The van der Waals surface area contributed by atoms with Crippen LogP contribution in [0.15, 0.2) is 30.5 Å². The Bertz CT molecular complexity index is 561. The van der Waals surface area contributed by atoms with E-state index in [2.05, 4.69) is 5.10 Å². The molecular formula is C14H15FN2O. The van der Waals surface area contributed by atoms with Crippen LogP contribution in [0.25, 0.3) is 11.3 Å². The SMILES string of the molecule is COc1cc(-c2ccnn2C2CCC2)ccc1F. The van der Waals surface area contributed by atoms with Crippen molar-refractivity contribution in [3.8, 4) is 17.0 Å². The smallest absolute Gasteiger partial charge is 0.165 e. The first-order chi connectivity index (χ1) is 8.79. The van der Waals surface area contributed by atoms with E-state index in [4.69, 9.17) is 4.74 Å². The topological polar surface area (TPSA) is 27.1 Å². The van der Waals surface area contributed by atoms with Crippen LogP contribution in [0.3, 0.4) is 0 Å². The van der Waals surface area contributed by atoms with Gasteiger partial charge in [0, 0.05) is 11.8 Å². The Morgan fingerprint density at radius 1 is 1.33 bits per heavy atom. The molecule has 0 N–H and O–H groups in total. The van der Waals surface area contributed by atoms with Crippen LogP contribution in [-0.4, -0.2) is 16.9 Å². The minimum absolute atomic E-state index is 0.272. The molecule has 2 aromatic rings. The van der Waals surface area contributed by atoms with E-state index < -0.39 is 0 Å². The molecule has 0 radical (unpaired) electrons. The van der Waals surface area contributed by atoms with Gasteiger partial charge in [0.25, 0.3) is 0 Å². The molecule has 0 spiro atoms. The lowest BCUT2D eigenvalue weighted by molar-refractivity contribution is 0.292. The molecule has 1 heterocycles. The molecule has 94 valence electrons. The van der Waals surface area contributed by atoms with Crippen molar-refractivity contribution >= 4 is 0 Å². The summed E-state index contributed by atoms with van der Waals surface area (Å²) in [5, 5.41) is 4.37. The number of hydrogen-bond donors (Lipinski definition) is 0. The Kier molecular flexibility index (Phi) is 2.78. The van der Waals surface area contributed by atoms with Crippen molar-refractivity contribution in [3.63, 3.8) is 0 Å². The molecule has 1 aromatic heterocycles. The third-order valence-corrected chi connectivity index (χ3v) is 3.54. The normalized spacial score (nSPS) is 15.4. The van der Waals surface area contributed by atoms with Gasteiger partial charge in [-0.05, 0) is 43.5 Å². The van der Waals surface area contributed by atoms with Crippen LogP contribution in [0.1, 0.15) is 25.3 Å². The van der Waals surface area contributed by atoms with Gasteiger partial charge in [-0.3, -0.25) is 4.68 Å². The summed E-state index contributed by atoms with van der Waals surface area (Å²) in [6.45, 7) is 0. The number of hydrogen-bond acceptors (Lipinski definition) is 2. The van der Waals surface area contributed by atoms with E-state index >= 15 is 0 Å². The summed E-state index contributed by atoms with van der Waals surface area (Å²) in [5.41, 5.74) is 1.97. The highest BCUT2D eigenvalue weighted by molar-refractivity contribution is 5.61. The molecule has 3 nitrogen and oxygen atoms in total. The average molecular weight is 246 g/mol. The molecule has 1 aromatic carbocycles. The summed E-state index contributed by atoms with van der Waals surface area (Å²) in [4.78, 5) is 0. The van der Waals surface area contributed by atoms with E-state index in [0.717, 1.165) is 11.3 Å². The van der Waals surface area contributed by atoms with Crippen molar-refractivity contribution in [1.82, 2.24) is 9.78 Å². The van der Waals surface area contributed by atoms with Crippen LogP contribution >= 0.6 is 0 Å². The van der Waals surface area contributed by atoms with Gasteiger partial charge in [-0.1, -0.05) is 0 Å². The van der Waals surface area contributed by atoms with Gasteiger partial charge in [0.2, 0.25) is 0 Å². The highest BCUT2D eigenvalue weighted by Crippen LogP contribution is 2.35. The van der Waals surface area contributed by atoms with E-state index in [1.807, 2.05) is 10.7 Å². The fourth-order valence-corrected chi connectivity index (χ4v) is 2.28. The van der Waals surface area contributed by atoms with Crippen LogP contribution in [0, 0.1) is 5.82 Å². The molecule has 0 unspecified atom stereocenters. The number of aromatic nitrogens is 2. The molecule has 0 bridgehead atoms. The summed E-state index contributed by atoms with van der Waals surface area (Å²) >= 11 is 0. The second kappa shape index (κ2) is 4.44. The summed E-state index contributed by atoms with van der Waals surface area (Å²) in [6.07, 6.45) is 5.40. The standard InChI is InChI=1S/C14H15FN2O/c1-18-14-9-10(5-6-12(14)15)13-7-8-16-17(13)11-3-2-4-11/h5-9,11H,2-4H2,1H3. The summed E-state index contributed by atoms with van der Waals surface area (Å²) in [7, 11) is 1.48. The Morgan fingerprint density at radius 3 is 2.83 bits per heavy atom. The molecule has 1 saturated carbocycles. The van der Waals surface area contributed by atoms with Crippen molar-refractivity contribution in [1.29, 1.82) is 0 Å². The van der Waals surface area contributed by atoms with Gasteiger partial charge in [0.1, 0.15) is 0 Å². The minimum atomic E-state index is -0.337. The van der Waals surface area contributed by atoms with E-state index in [1.165, 1.54) is 32.4 Å². The van der Waals surface area contributed by atoms with Crippen LogP contribution < -0.4 is 4.74 Å². The lowest BCUT2D eigenvalue weighted by Crippen LogP contribution is -2.18. The molecule has 0 amide bonds. The minimum Gasteiger partial charge on any atom is -0.494 e. The molecular weight excluding hydrogens is 231 g/mol. The molecule has 18 heavy (non-hydrogen) atoms. The van der Waals surface area contributed by atoms with Crippen molar-refractivity contribution in [3.05, 3.63) is 36.3 Å². The maximum atomic E-state index is 13.4. The second-order valence-corrected chi connectivity index (χ2v) is 4.60. The van der Waals surface area contributed by atoms with Gasteiger partial charge in [0.15, 0.2) is 11.6 Å². The first-order valence-corrected chi connectivity index (χ1v) is 6.17. The third-order valence-electron chi connectivity index (χ3n) is 3.54. The largest absolute Gasteiger partial charge is 0.494 e. The zero-order valence-corrected chi connectivity index (χ0v) is 10.3. The van der Waals surface area contributed by atoms with Crippen molar-refractivity contribution in [2.45, 2.75) is 25.3 Å². The van der Waals surface area contributed by atoms with Gasteiger partial charge in [-0.25, -0.2) is 4.39 Å². The van der Waals surface area contributed by atoms with Crippen LogP contribution in [0.4, 0.5) is 4.39 Å². The predicted octanol–water partition coefficient (Wildman–Crippen LogP) is 3.42. The Labute approximate surface area is 105 Å². The second-order valence-electron chi connectivity index (χ2n) is 4.60. The van der Waals surface area contributed by atoms with Crippen LogP contribution in [-0.2, 0) is 0 Å². The van der Waals surface area contributed by atoms with E-state index in [0.29, 0.717) is 6.04 Å². The van der Waals surface area contributed by atoms with Gasteiger partial charge in [-0.2, -0.15) is 5.10 Å². The van der Waals surface area contributed by atoms with E-state index in [1.54, 1.807) is 18.3 Å². The molecule has 1 fully saturated rings. The van der Waals surface area contributed by atoms with Crippen LogP contribution in [0.5, 0.6) is 5.75 Å². The first kappa shape index (κ1) is 11.3. The number of halogens is 1. The zero-order chi connectivity index (χ0) is 12.5. The Balaban J connectivity index is 2.01. The van der Waals surface area contributed by atoms with E-state index in [-0.39, 0.29) is 11.6 Å². The number of benzene rings is 1. The quantitative estimate of drug-likeness (QED) is 0.829. The molecule has 0 aliphatic heterocycles. The predicted molar refractivity (Wildman–Crippen MR) is 67.1 cm³/mol. The lowest BCUT2D eigenvalue weighted by atomic mass is 9.93. The third kappa shape index (κ3) is 1.78. The molecule has 0 atom stereocenters. The van der Waals surface area contributed by atoms with Gasteiger partial charge >= 0.3 is 0 Å². The highest BCUT2D eigenvalue weighted by Gasteiger charge is 2.22. The van der Waals surface area contributed by atoms with Crippen LogP contribution in [0.2, 0.25) is 0 Å². The van der Waals surface area contributed by atoms with Gasteiger partial charge < -0.3 is 4.74 Å². The Morgan fingerprint density at radius 2 is 2.17 bits per heavy atom. The molecule has 4 heteroatoms. The average Bonchev–Trinajstić information content (AvgIpc) is 2.76. The maximum Gasteiger partial charge on any atom is 0.165 e. The summed E-state index contributed by atoms with van der Waals surface area (Å²) in [5.74, 6) is -0.0650. The fourth-order valence-electron chi connectivity index (χ4n) is 2.28. The van der Waals surface area contributed by atoms with E-state index in [9.17, 15) is 4.39 Å². The molecule has 0 saturated heterocycles. The summed E-state index contributed by atoms with van der Waals surface area (Å²) < 4.78 is 20.5. The molecule has 1 aliphatic rings. The van der Waals surface area contributed by atoms with Gasteiger partial charge in [0.05, 0.1) is 18.8 Å². The lowest BCUT2D eigenvalue weighted by Gasteiger charge is -2.27. The maximum absolute atomic E-state index is 13.4. The first-order valence-electron chi connectivity index (χ1n) is 6.17. The van der Waals surface area contributed by atoms with Crippen molar-refractivity contribution in [2.24, 2.45) is 0 Å². The number of nitrogens with zero attached hydrogens (tertiary/aromatic N) is 2. The Hall–Kier alpha value is -1.84. The highest BCUT2D eigenvalue weighted by atomic mass is 19.1. The monoisotopic (exact) mass is 246 g/mol.